The molecule has 0 aliphatic carbocycles. The van der Waals surface area contributed by atoms with Crippen LogP contribution in [0.25, 0.3) is 0 Å². The molecule has 4 aromatic rings. The predicted molar refractivity (Wildman–Crippen MR) is 137 cm³/mol. The predicted octanol–water partition coefficient (Wildman–Crippen LogP) is 5.20. The molecule has 3 aromatic carbocycles. The largest absolute Gasteiger partial charge is 0.474 e. The van der Waals surface area contributed by atoms with E-state index in [1.807, 2.05) is 91.0 Å². The van der Waals surface area contributed by atoms with Gasteiger partial charge < -0.3 is 28.5 Å². The van der Waals surface area contributed by atoms with Crippen molar-refractivity contribution in [3.05, 3.63) is 126 Å². The lowest BCUT2D eigenvalue weighted by molar-refractivity contribution is -0.0898. The van der Waals surface area contributed by atoms with Crippen molar-refractivity contribution in [2.24, 2.45) is 0 Å². The van der Waals surface area contributed by atoms with E-state index < -0.39 is 36.3 Å². The molecule has 4 atom stereocenters. The number of aromatic carboxylic acids is 1. The molecule has 196 valence electrons. The van der Waals surface area contributed by atoms with Gasteiger partial charge in [0.25, 0.3) is 0 Å². The van der Waals surface area contributed by atoms with Gasteiger partial charge in [0.1, 0.15) is 36.4 Å². The lowest BCUT2D eigenvalue weighted by Gasteiger charge is -2.25. The number of nitrogens with zero attached hydrogens (tertiary/aromatic N) is 1. The Morgan fingerprint density at radius 1 is 0.763 bits per heavy atom. The van der Waals surface area contributed by atoms with E-state index in [1.54, 1.807) is 0 Å². The molecule has 8 nitrogen and oxygen atoms in total. The summed E-state index contributed by atoms with van der Waals surface area (Å²) in [6.07, 6.45) is -0.991. The Morgan fingerprint density at radius 2 is 1.29 bits per heavy atom. The van der Waals surface area contributed by atoms with Crippen LogP contribution < -0.4 is 0 Å². The Hall–Kier alpha value is -3.82. The Morgan fingerprint density at radius 3 is 1.82 bits per heavy atom. The number of carboxylic acids is 1. The van der Waals surface area contributed by atoms with Gasteiger partial charge in [-0.15, -0.1) is 0 Å². The third kappa shape index (κ3) is 6.54. The number of ether oxygens (including phenoxy) is 4. The van der Waals surface area contributed by atoms with Crippen molar-refractivity contribution in [2.75, 3.05) is 6.61 Å². The first-order valence-corrected chi connectivity index (χ1v) is 12.4. The zero-order valence-electron chi connectivity index (χ0n) is 20.7. The van der Waals surface area contributed by atoms with Crippen LogP contribution in [0.3, 0.4) is 0 Å². The van der Waals surface area contributed by atoms with Crippen LogP contribution in [-0.4, -0.2) is 41.0 Å². The summed E-state index contributed by atoms with van der Waals surface area (Å²) in [6.45, 7) is 1.33. The van der Waals surface area contributed by atoms with Crippen LogP contribution >= 0.6 is 0 Å². The number of hydrogen-bond donors (Lipinski definition) is 1. The second-order valence-electron chi connectivity index (χ2n) is 9.00. The molecule has 0 bridgehead atoms. The zero-order valence-corrected chi connectivity index (χ0v) is 20.7. The molecule has 1 aliphatic rings. The third-order valence-corrected chi connectivity index (χ3v) is 6.27. The normalized spacial score (nSPS) is 20.9. The number of aromatic nitrogens is 1. The van der Waals surface area contributed by atoms with E-state index in [0.29, 0.717) is 25.5 Å². The minimum Gasteiger partial charge on any atom is -0.474 e. The van der Waals surface area contributed by atoms with Crippen molar-refractivity contribution >= 4 is 5.97 Å². The maximum atomic E-state index is 11.4. The average molecular weight is 516 g/mol. The first-order chi connectivity index (χ1) is 18.7. The summed E-state index contributed by atoms with van der Waals surface area (Å²) in [5.74, 6) is -1.66. The Bertz CT molecular complexity index is 1280. The standard InChI is InChI=1S/C30H29NO7/c32-30(33)29-31-24(19-37-29)26-28(36-18-23-14-8-3-9-15-23)27(35-17-22-12-6-2-7-13-22)25(38-26)20-34-16-21-10-4-1-5-11-21/h1-15,19,25-28H,16-18,20H2,(H,32,33)/t25-,26+,27-,28+/m1/s1. The van der Waals surface area contributed by atoms with Crippen LogP contribution in [0.5, 0.6) is 0 Å². The zero-order chi connectivity index (χ0) is 26.2. The highest BCUT2D eigenvalue weighted by Gasteiger charge is 2.48. The fourth-order valence-corrected chi connectivity index (χ4v) is 4.40. The molecule has 0 amide bonds. The van der Waals surface area contributed by atoms with E-state index in [2.05, 4.69) is 4.98 Å². The Kier molecular flexibility index (Phi) is 8.57. The summed E-state index contributed by atoms with van der Waals surface area (Å²) >= 11 is 0. The summed E-state index contributed by atoms with van der Waals surface area (Å²) in [5.41, 5.74) is 3.38. The van der Waals surface area contributed by atoms with E-state index in [-0.39, 0.29) is 6.61 Å². The van der Waals surface area contributed by atoms with Crippen LogP contribution in [0.2, 0.25) is 0 Å². The molecule has 8 heteroatoms. The lowest BCUT2D eigenvalue weighted by Crippen LogP contribution is -2.37. The number of carboxylic acid groups (broad SMARTS) is 1. The quantitative estimate of drug-likeness (QED) is 0.275. The molecule has 0 unspecified atom stereocenters. The molecular formula is C30H29NO7. The van der Waals surface area contributed by atoms with Gasteiger partial charge in [-0.2, -0.15) is 0 Å². The number of oxazole rings is 1. The maximum Gasteiger partial charge on any atom is 0.392 e. The molecular weight excluding hydrogens is 486 g/mol. The number of carbonyl (C=O) groups is 1. The second-order valence-corrected chi connectivity index (χ2v) is 9.00. The average Bonchev–Trinajstić information content (AvgIpc) is 3.58. The smallest absolute Gasteiger partial charge is 0.392 e. The van der Waals surface area contributed by atoms with E-state index in [4.69, 9.17) is 23.4 Å². The molecule has 1 aliphatic heterocycles. The van der Waals surface area contributed by atoms with E-state index in [1.165, 1.54) is 6.26 Å². The summed E-state index contributed by atoms with van der Waals surface area (Å²) in [4.78, 5) is 15.6. The summed E-state index contributed by atoms with van der Waals surface area (Å²) < 4.78 is 30.4. The first-order valence-electron chi connectivity index (χ1n) is 12.4. The molecule has 1 aromatic heterocycles. The van der Waals surface area contributed by atoms with Gasteiger partial charge in [0.05, 0.1) is 26.4 Å². The van der Waals surface area contributed by atoms with Crippen molar-refractivity contribution in [2.45, 2.75) is 44.2 Å². The lowest BCUT2D eigenvalue weighted by atomic mass is 10.1. The van der Waals surface area contributed by atoms with Crippen molar-refractivity contribution in [1.82, 2.24) is 4.98 Å². The van der Waals surface area contributed by atoms with Gasteiger partial charge in [-0.05, 0) is 16.7 Å². The third-order valence-electron chi connectivity index (χ3n) is 6.27. The van der Waals surface area contributed by atoms with Crippen molar-refractivity contribution < 1.29 is 33.3 Å². The van der Waals surface area contributed by atoms with Crippen molar-refractivity contribution in [3.8, 4) is 0 Å². The van der Waals surface area contributed by atoms with Crippen LogP contribution in [-0.2, 0) is 38.8 Å². The molecule has 1 saturated heterocycles. The number of hydrogen-bond acceptors (Lipinski definition) is 7. The molecule has 5 rings (SSSR count). The molecule has 0 radical (unpaired) electrons. The SMILES string of the molecule is O=C(O)c1nc([C@@H]2O[C@H](COCc3ccccc3)[C@@H](OCc3ccccc3)[C@H]2OCc2ccccc2)co1. The van der Waals surface area contributed by atoms with Gasteiger partial charge in [0, 0.05) is 0 Å². The molecule has 2 heterocycles. The highest BCUT2D eigenvalue weighted by Crippen LogP contribution is 2.38. The van der Waals surface area contributed by atoms with Gasteiger partial charge in [0.15, 0.2) is 0 Å². The van der Waals surface area contributed by atoms with Gasteiger partial charge in [-0.1, -0.05) is 91.0 Å². The van der Waals surface area contributed by atoms with Crippen LogP contribution in [0.1, 0.15) is 39.2 Å². The van der Waals surface area contributed by atoms with Gasteiger partial charge >= 0.3 is 11.9 Å². The minimum absolute atomic E-state index is 0.250. The van der Waals surface area contributed by atoms with Gasteiger partial charge in [-0.25, -0.2) is 9.78 Å². The molecule has 38 heavy (non-hydrogen) atoms. The van der Waals surface area contributed by atoms with E-state index in [0.717, 1.165) is 16.7 Å². The minimum atomic E-state index is -1.25. The molecule has 0 saturated carbocycles. The highest BCUT2D eigenvalue weighted by atomic mass is 16.6. The number of benzene rings is 3. The monoisotopic (exact) mass is 515 g/mol. The fraction of sp³-hybridized carbons (Fsp3) is 0.267. The Labute approximate surface area is 220 Å². The van der Waals surface area contributed by atoms with Crippen LogP contribution in [0.4, 0.5) is 0 Å². The maximum absolute atomic E-state index is 11.4. The van der Waals surface area contributed by atoms with Gasteiger partial charge in [0.2, 0.25) is 0 Å². The van der Waals surface area contributed by atoms with E-state index >= 15 is 0 Å². The second kappa shape index (κ2) is 12.6. The summed E-state index contributed by atoms with van der Waals surface area (Å²) in [6, 6.07) is 29.5. The first kappa shape index (κ1) is 25.8. The number of rotatable bonds is 12. The van der Waals surface area contributed by atoms with Gasteiger partial charge in [-0.3, -0.25) is 0 Å². The molecule has 1 N–H and O–H groups in total. The van der Waals surface area contributed by atoms with E-state index in [9.17, 15) is 9.90 Å². The van der Waals surface area contributed by atoms with Crippen LogP contribution in [0, 0.1) is 0 Å². The summed E-state index contributed by atoms with van der Waals surface area (Å²) in [7, 11) is 0. The summed E-state index contributed by atoms with van der Waals surface area (Å²) in [5, 5.41) is 9.32. The highest BCUT2D eigenvalue weighted by molar-refractivity contribution is 5.82. The van der Waals surface area contributed by atoms with Crippen molar-refractivity contribution in [3.63, 3.8) is 0 Å². The molecule has 1 fully saturated rings. The molecule has 0 spiro atoms. The topological polar surface area (TPSA) is 100 Å². The fourth-order valence-electron chi connectivity index (χ4n) is 4.40. The van der Waals surface area contributed by atoms with Crippen molar-refractivity contribution in [1.29, 1.82) is 0 Å². The Balaban J connectivity index is 1.38. The van der Waals surface area contributed by atoms with Crippen LogP contribution in [0.15, 0.2) is 102 Å².